The van der Waals surface area contributed by atoms with Crippen molar-refractivity contribution in [2.24, 2.45) is 0 Å². The molecule has 0 atom stereocenters. The SMILES string of the molecule is CCCC[N+](CCCC)(CCCC)CCCC.CCCC[N+](CCCC)(CCCC)CCCC.Fc1[c-]c(F)c(F)c(F)c1F.Fc1[c-]c(F)c(F)c(F)c1F.Fc1[c-]c(F)c(F)c(F)c1F.Fc1[c-]c(F)c(F)c(F)c1F.[Pd].[Pt+2].[Pt+2].c1ccc(Pc2ccccc2)cc1.c1ccc(Pc2ccccc2)cc1.c1ccc(Pc2ccccc2)cc1.c1ccc(Pc2ccccc2)cc1. The molecule has 0 bridgehead atoms. The Kier molecular flexibility index (Phi) is 70.1. The minimum absolute atomic E-state index is 0. The summed E-state index contributed by atoms with van der Waals surface area (Å²) in [5.74, 6) is -40.2. The summed E-state index contributed by atoms with van der Waals surface area (Å²) in [5.41, 5.74) is 0. The van der Waals surface area contributed by atoms with Crippen LogP contribution in [-0.2, 0) is 62.6 Å². The number of rotatable bonds is 32. The smallest absolute Gasteiger partial charge is 0.324 e. The average Bonchev–Trinajstić information content (AvgIpc) is 0.845. The molecule has 0 unspecified atom stereocenters. The molecular formula is C104H116F20N2P4PdPt2+2. The van der Waals surface area contributed by atoms with Crippen molar-refractivity contribution >= 4 is 76.8 Å². The number of quaternary nitrogens is 2. The van der Waals surface area contributed by atoms with E-state index in [1.54, 1.807) is 0 Å². The topological polar surface area (TPSA) is 0 Å². The number of benzene rings is 12. The van der Waals surface area contributed by atoms with Gasteiger partial charge < -0.3 is 8.97 Å². The zero-order valence-electron chi connectivity index (χ0n) is 75.5. The predicted molar refractivity (Wildman–Crippen MR) is 501 cm³/mol. The summed E-state index contributed by atoms with van der Waals surface area (Å²) in [6, 6.07) is 88.7. The van der Waals surface area contributed by atoms with Crippen molar-refractivity contribution in [3.8, 4) is 0 Å². The molecule has 0 spiro atoms. The van der Waals surface area contributed by atoms with E-state index in [1.807, 2.05) is 0 Å². The third-order valence-electron chi connectivity index (χ3n) is 19.2. The van der Waals surface area contributed by atoms with E-state index >= 15 is 0 Å². The van der Waals surface area contributed by atoms with Crippen LogP contribution in [0, 0.1) is 141 Å². The summed E-state index contributed by atoms with van der Waals surface area (Å²) >= 11 is 0. The van der Waals surface area contributed by atoms with Crippen LogP contribution in [-0.4, -0.2) is 61.3 Å². The number of halogens is 20. The monoisotopic (exact) mass is 2390 g/mol. The average molecular weight is 2390 g/mol. The first-order chi connectivity index (χ1) is 62.4. The van der Waals surface area contributed by atoms with Crippen LogP contribution in [0.1, 0.15) is 158 Å². The molecule has 0 fully saturated rings. The summed E-state index contributed by atoms with van der Waals surface area (Å²) in [5, 5.41) is 11.2. The minimum Gasteiger partial charge on any atom is -0.324 e. The second kappa shape index (κ2) is 74.1. The standard InChI is InChI=1S/2C16H36N.4C12H11P.4C6F5.Pd.2Pt/c2*1-5-9-13-17(14-10-6-2,15-11-7-3)16-12-8-4;4*1-3-7-11(8-4-1)13-12-9-5-2-6-10-12;4*7-2-1-3(8)5(10)6(11)4(2)9;;;/h2*5-16H2,1-4H3;4*1-10,13H;;;;;;;/q2*+1;;;;;4*-1;;2*+2. The van der Waals surface area contributed by atoms with Crippen LogP contribution in [0.3, 0.4) is 0 Å². The molecule has 133 heavy (non-hydrogen) atoms. The molecule has 730 valence electrons. The molecule has 29 heteroatoms. The summed E-state index contributed by atoms with van der Waals surface area (Å²) in [4.78, 5) is 0. The fraction of sp³-hybridized carbons (Fsp3) is 0.308. The molecule has 0 saturated heterocycles. The van der Waals surface area contributed by atoms with E-state index in [0.29, 0.717) is 0 Å². The van der Waals surface area contributed by atoms with Crippen LogP contribution in [0.4, 0.5) is 87.8 Å². The van der Waals surface area contributed by atoms with Gasteiger partial charge in [-0.15, -0.1) is 24.3 Å². The summed E-state index contributed by atoms with van der Waals surface area (Å²) in [7, 11) is 3.11. The predicted octanol–water partition coefficient (Wildman–Crippen LogP) is 28.0. The molecule has 12 aromatic carbocycles. The number of hydrogen-bond acceptors (Lipinski definition) is 0. The summed E-state index contributed by atoms with van der Waals surface area (Å²) in [6.07, 6.45) is 22.1. The van der Waals surface area contributed by atoms with Gasteiger partial charge in [0.1, 0.15) is 0 Å². The van der Waals surface area contributed by atoms with E-state index in [1.165, 1.54) is 206 Å². The molecule has 0 aromatic heterocycles. The van der Waals surface area contributed by atoms with Crippen molar-refractivity contribution in [2.75, 3.05) is 52.4 Å². The molecule has 0 heterocycles. The van der Waals surface area contributed by atoms with Crippen LogP contribution in [0.2, 0.25) is 0 Å². The van der Waals surface area contributed by atoms with Crippen LogP contribution >= 0.6 is 34.3 Å². The Morgan fingerprint density at radius 3 is 0.361 bits per heavy atom. The van der Waals surface area contributed by atoms with Crippen molar-refractivity contribution in [3.63, 3.8) is 0 Å². The van der Waals surface area contributed by atoms with E-state index in [-0.39, 0.29) is 62.6 Å². The maximum Gasteiger partial charge on any atom is 2.00 e. The van der Waals surface area contributed by atoms with E-state index in [0.717, 1.165) is 58.6 Å². The van der Waals surface area contributed by atoms with Gasteiger partial charge in [-0.25, -0.2) is 52.7 Å². The van der Waals surface area contributed by atoms with Gasteiger partial charge in [0.05, 0.1) is 169 Å². The van der Waals surface area contributed by atoms with Gasteiger partial charge in [0.15, 0.2) is 0 Å². The zero-order valence-corrected chi connectivity index (χ0v) is 85.6. The molecule has 2 nitrogen and oxygen atoms in total. The Morgan fingerprint density at radius 2 is 0.271 bits per heavy atom. The molecule has 0 N–H and O–H groups in total. The molecule has 0 aliphatic carbocycles. The molecule has 0 aliphatic rings. The van der Waals surface area contributed by atoms with Gasteiger partial charge >= 0.3 is 42.1 Å². The fourth-order valence-corrected chi connectivity index (χ4v) is 16.3. The Bertz CT molecular complexity index is 4090. The third-order valence-corrected chi connectivity index (χ3v) is 24.2. The van der Waals surface area contributed by atoms with Crippen LogP contribution in [0.15, 0.2) is 243 Å². The van der Waals surface area contributed by atoms with E-state index < -0.39 is 116 Å². The number of hydrogen-bond donors (Lipinski definition) is 0. The van der Waals surface area contributed by atoms with Gasteiger partial charge in [-0.1, -0.05) is 384 Å². The van der Waals surface area contributed by atoms with Crippen molar-refractivity contribution in [2.45, 2.75) is 158 Å². The van der Waals surface area contributed by atoms with Gasteiger partial charge in [-0.2, -0.15) is 0 Å². The van der Waals surface area contributed by atoms with Crippen molar-refractivity contribution in [1.82, 2.24) is 0 Å². The van der Waals surface area contributed by atoms with Gasteiger partial charge in [0.25, 0.3) is 0 Å². The van der Waals surface area contributed by atoms with Gasteiger partial charge in [0, 0.05) is 20.4 Å². The van der Waals surface area contributed by atoms with E-state index in [4.69, 9.17) is 0 Å². The van der Waals surface area contributed by atoms with Crippen molar-refractivity contribution in [3.05, 3.63) is 383 Å². The number of nitrogens with zero attached hydrogens (tertiary/aromatic N) is 2. The van der Waals surface area contributed by atoms with Crippen molar-refractivity contribution < 1.29 is 159 Å². The molecule has 0 aliphatic heterocycles. The van der Waals surface area contributed by atoms with E-state index in [2.05, 4.69) is 298 Å². The van der Waals surface area contributed by atoms with Gasteiger partial charge in [0.2, 0.25) is 0 Å². The normalized spacial score (nSPS) is 10.3. The van der Waals surface area contributed by atoms with Crippen LogP contribution in [0.5, 0.6) is 0 Å². The van der Waals surface area contributed by atoms with Gasteiger partial charge in [-0.05, 0) is 93.8 Å². The first-order valence-electron chi connectivity index (χ1n) is 43.3. The summed E-state index contributed by atoms with van der Waals surface area (Å²) < 4.78 is 242. The molecular weight excluding hydrogens is 2280 g/mol. The van der Waals surface area contributed by atoms with Crippen LogP contribution in [0.25, 0.3) is 0 Å². The Balaban J connectivity index is 0.00000146. The zero-order chi connectivity index (χ0) is 96.1. The first-order valence-corrected chi connectivity index (χ1v) is 47.3. The molecule has 0 saturated carbocycles. The van der Waals surface area contributed by atoms with Gasteiger partial charge in [-0.3, -0.25) is 35.1 Å². The summed E-state index contributed by atoms with van der Waals surface area (Å²) in [6.45, 7) is 30.0. The Morgan fingerprint density at radius 1 is 0.173 bits per heavy atom. The second-order valence-corrected chi connectivity index (χ2v) is 35.1. The maximum absolute atomic E-state index is 12.0. The van der Waals surface area contributed by atoms with E-state index in [9.17, 15) is 87.8 Å². The Hall–Kier alpha value is -7.08. The fourth-order valence-electron chi connectivity index (χ4n) is 12.1. The first kappa shape index (κ1) is 126. The maximum atomic E-state index is 12.0. The largest absolute Gasteiger partial charge is 2.00 e. The third kappa shape index (κ3) is 50.7. The molecule has 12 aromatic rings. The Labute approximate surface area is 823 Å². The molecule has 12 rings (SSSR count). The minimum atomic E-state index is -2.17. The quantitative estimate of drug-likeness (QED) is 0.00750. The van der Waals surface area contributed by atoms with Crippen molar-refractivity contribution in [1.29, 1.82) is 0 Å². The second-order valence-electron chi connectivity index (χ2n) is 29.5. The molecule has 0 radical (unpaired) electrons. The van der Waals surface area contributed by atoms with Crippen LogP contribution < -0.4 is 42.4 Å². The molecule has 0 amide bonds. The number of unbranched alkanes of at least 4 members (excludes halogenated alkanes) is 8.